The molecule has 0 saturated carbocycles. The quantitative estimate of drug-likeness (QED) is 0.293. The van der Waals surface area contributed by atoms with Crippen LogP contribution in [0.4, 0.5) is 10.8 Å². The van der Waals surface area contributed by atoms with E-state index in [1.807, 2.05) is 54.6 Å². The van der Waals surface area contributed by atoms with Gasteiger partial charge in [0.2, 0.25) is 11.8 Å². The second-order valence-electron chi connectivity index (χ2n) is 7.74. The van der Waals surface area contributed by atoms with E-state index in [4.69, 9.17) is 0 Å². The number of carboxylic acid groups (broad SMARTS) is 1. The molecular formula is C25H23N3O4S2. The molecule has 1 heterocycles. The van der Waals surface area contributed by atoms with Gasteiger partial charge >= 0.3 is 5.97 Å². The summed E-state index contributed by atoms with van der Waals surface area (Å²) in [5.41, 5.74) is 1.44. The number of hydrogen-bond acceptors (Lipinski definition) is 6. The number of nitrogens with zero attached hydrogens (tertiary/aromatic N) is 1. The molecule has 2 aromatic carbocycles. The lowest BCUT2D eigenvalue weighted by atomic mass is 9.82. The van der Waals surface area contributed by atoms with E-state index >= 15 is 0 Å². The number of carbonyl (C=O) groups excluding carboxylic acids is 2. The van der Waals surface area contributed by atoms with Gasteiger partial charge in [-0.25, -0.2) is 4.98 Å². The molecule has 1 aromatic heterocycles. The van der Waals surface area contributed by atoms with E-state index in [1.54, 1.807) is 23.7 Å². The number of anilines is 2. The van der Waals surface area contributed by atoms with Gasteiger partial charge in [0.05, 0.1) is 11.8 Å². The monoisotopic (exact) mass is 493 g/mol. The number of benzene rings is 2. The van der Waals surface area contributed by atoms with Gasteiger partial charge in [-0.05, 0) is 42.7 Å². The largest absolute Gasteiger partial charge is 0.481 e. The van der Waals surface area contributed by atoms with Crippen LogP contribution in [0, 0.1) is 11.8 Å². The van der Waals surface area contributed by atoms with Crippen molar-refractivity contribution in [1.82, 2.24) is 4.98 Å². The lowest BCUT2D eigenvalue weighted by molar-refractivity contribution is -0.146. The number of amides is 2. The molecule has 2 amide bonds. The Morgan fingerprint density at radius 2 is 1.68 bits per heavy atom. The maximum Gasteiger partial charge on any atom is 0.307 e. The molecule has 3 atom stereocenters. The third-order valence-corrected chi connectivity index (χ3v) is 7.42. The molecule has 1 aliphatic rings. The summed E-state index contributed by atoms with van der Waals surface area (Å²) < 4.78 is 0. The summed E-state index contributed by atoms with van der Waals surface area (Å²) in [4.78, 5) is 42.2. The van der Waals surface area contributed by atoms with E-state index in [1.165, 1.54) is 23.1 Å². The average molecular weight is 494 g/mol. The molecule has 7 nitrogen and oxygen atoms in total. The van der Waals surface area contributed by atoms with Crippen LogP contribution in [0.15, 0.2) is 83.2 Å². The number of hydrogen-bond donors (Lipinski definition) is 3. The molecule has 0 aliphatic heterocycles. The fourth-order valence-electron chi connectivity index (χ4n) is 3.72. The Balaban J connectivity index is 1.45. The lowest BCUT2D eigenvalue weighted by Gasteiger charge is -2.24. The van der Waals surface area contributed by atoms with Crippen LogP contribution in [0.3, 0.4) is 0 Å². The second-order valence-corrected chi connectivity index (χ2v) is 9.82. The predicted molar refractivity (Wildman–Crippen MR) is 134 cm³/mol. The van der Waals surface area contributed by atoms with Crippen molar-refractivity contribution in [3.8, 4) is 0 Å². The SMILES string of the molecule is O=C(Nc1nccs1)C(Sc1ccc(NC(=O)C2CC=CCC2C(=O)O)cc1)c1ccccc1. The number of carboxylic acids is 1. The summed E-state index contributed by atoms with van der Waals surface area (Å²) in [6.07, 6.45) is 6.06. The van der Waals surface area contributed by atoms with Crippen LogP contribution in [-0.4, -0.2) is 27.9 Å². The highest BCUT2D eigenvalue weighted by Gasteiger charge is 2.34. The first-order chi connectivity index (χ1) is 16.5. The first kappa shape index (κ1) is 23.7. The minimum atomic E-state index is -0.959. The Morgan fingerprint density at radius 3 is 2.32 bits per heavy atom. The Kier molecular flexibility index (Phi) is 7.76. The van der Waals surface area contributed by atoms with Crippen LogP contribution in [-0.2, 0) is 14.4 Å². The molecule has 34 heavy (non-hydrogen) atoms. The maximum absolute atomic E-state index is 13.0. The average Bonchev–Trinajstić information content (AvgIpc) is 3.37. The molecule has 3 N–H and O–H groups in total. The number of rotatable bonds is 8. The minimum Gasteiger partial charge on any atom is -0.481 e. The Hall–Kier alpha value is -3.43. The molecule has 4 rings (SSSR count). The summed E-state index contributed by atoms with van der Waals surface area (Å²) in [6.45, 7) is 0. The van der Waals surface area contributed by atoms with Crippen molar-refractivity contribution >= 4 is 51.7 Å². The minimum absolute atomic E-state index is 0.173. The van der Waals surface area contributed by atoms with E-state index in [9.17, 15) is 19.5 Å². The van der Waals surface area contributed by atoms with Crippen LogP contribution in [0.1, 0.15) is 23.7 Å². The number of aliphatic carboxylic acids is 1. The third kappa shape index (κ3) is 5.92. The van der Waals surface area contributed by atoms with Crippen molar-refractivity contribution in [3.05, 3.63) is 83.9 Å². The molecule has 0 radical (unpaired) electrons. The van der Waals surface area contributed by atoms with Gasteiger partial charge in [-0.1, -0.05) is 42.5 Å². The highest BCUT2D eigenvalue weighted by Crippen LogP contribution is 2.37. The molecule has 1 aliphatic carbocycles. The summed E-state index contributed by atoms with van der Waals surface area (Å²) in [7, 11) is 0. The fraction of sp³-hybridized carbons (Fsp3) is 0.200. The Labute approximate surface area is 205 Å². The van der Waals surface area contributed by atoms with E-state index in [0.717, 1.165) is 10.5 Å². The zero-order chi connectivity index (χ0) is 23.9. The van der Waals surface area contributed by atoms with Crippen LogP contribution in [0.5, 0.6) is 0 Å². The van der Waals surface area contributed by atoms with Gasteiger partial charge in [-0.2, -0.15) is 0 Å². The van der Waals surface area contributed by atoms with Crippen LogP contribution >= 0.6 is 23.1 Å². The van der Waals surface area contributed by atoms with Gasteiger partial charge in [0.1, 0.15) is 5.25 Å². The number of nitrogens with one attached hydrogen (secondary N) is 2. The molecule has 0 saturated heterocycles. The van der Waals surface area contributed by atoms with Gasteiger partial charge in [0.15, 0.2) is 5.13 Å². The van der Waals surface area contributed by atoms with Crippen molar-refractivity contribution in [2.45, 2.75) is 23.0 Å². The number of thioether (sulfide) groups is 1. The molecule has 174 valence electrons. The fourth-order valence-corrected chi connectivity index (χ4v) is 5.28. The third-order valence-electron chi connectivity index (χ3n) is 5.47. The summed E-state index contributed by atoms with van der Waals surface area (Å²) in [5.74, 6) is -2.76. The molecule has 3 unspecified atom stereocenters. The summed E-state index contributed by atoms with van der Waals surface area (Å²) in [6, 6.07) is 16.7. The van der Waals surface area contributed by atoms with Crippen molar-refractivity contribution in [2.75, 3.05) is 10.6 Å². The first-order valence-corrected chi connectivity index (χ1v) is 12.5. The van der Waals surface area contributed by atoms with E-state index in [-0.39, 0.29) is 11.8 Å². The normalized spacial score (nSPS) is 18.1. The number of thiazole rings is 1. The second kappa shape index (κ2) is 11.1. The molecule has 9 heteroatoms. The number of carbonyl (C=O) groups is 3. The van der Waals surface area contributed by atoms with Gasteiger partial charge in [0, 0.05) is 22.2 Å². The van der Waals surface area contributed by atoms with E-state index < -0.39 is 23.1 Å². The Bertz CT molecular complexity index is 1160. The van der Waals surface area contributed by atoms with Crippen molar-refractivity contribution in [1.29, 1.82) is 0 Å². The van der Waals surface area contributed by atoms with Gasteiger partial charge in [0.25, 0.3) is 0 Å². The Morgan fingerprint density at radius 1 is 0.971 bits per heavy atom. The molecule has 3 aromatic rings. The standard InChI is InChI=1S/C25H23N3O4S2/c29-22(19-8-4-5-9-20(19)24(31)32)27-17-10-12-18(13-11-17)34-21(16-6-2-1-3-7-16)23(30)28-25-26-14-15-33-25/h1-7,10-15,19-21H,8-9H2,(H,27,29)(H,31,32)(H,26,28,30). The van der Waals surface area contributed by atoms with Crippen LogP contribution in [0.25, 0.3) is 0 Å². The van der Waals surface area contributed by atoms with Gasteiger partial charge in [-0.15, -0.1) is 23.1 Å². The van der Waals surface area contributed by atoms with E-state index in [2.05, 4.69) is 15.6 Å². The van der Waals surface area contributed by atoms with Gasteiger partial charge in [-0.3, -0.25) is 14.4 Å². The molecular weight excluding hydrogens is 470 g/mol. The predicted octanol–water partition coefficient (Wildman–Crippen LogP) is 5.22. The molecule has 0 bridgehead atoms. The molecule has 0 spiro atoms. The van der Waals surface area contributed by atoms with Crippen LogP contribution < -0.4 is 10.6 Å². The molecule has 0 fully saturated rings. The van der Waals surface area contributed by atoms with Crippen molar-refractivity contribution in [2.24, 2.45) is 11.8 Å². The van der Waals surface area contributed by atoms with E-state index in [0.29, 0.717) is 23.7 Å². The zero-order valence-electron chi connectivity index (χ0n) is 18.1. The van der Waals surface area contributed by atoms with Crippen molar-refractivity contribution < 1.29 is 19.5 Å². The number of allylic oxidation sites excluding steroid dienone is 2. The topological polar surface area (TPSA) is 108 Å². The zero-order valence-corrected chi connectivity index (χ0v) is 19.7. The highest BCUT2D eigenvalue weighted by molar-refractivity contribution is 8.00. The van der Waals surface area contributed by atoms with Crippen molar-refractivity contribution in [3.63, 3.8) is 0 Å². The first-order valence-electron chi connectivity index (χ1n) is 10.7. The summed E-state index contributed by atoms with van der Waals surface area (Å²) >= 11 is 2.75. The van der Waals surface area contributed by atoms with Crippen LogP contribution in [0.2, 0.25) is 0 Å². The summed E-state index contributed by atoms with van der Waals surface area (Å²) in [5, 5.41) is 17.0. The number of aromatic nitrogens is 1. The maximum atomic E-state index is 13.0. The lowest BCUT2D eigenvalue weighted by Crippen LogP contribution is -2.34. The highest BCUT2D eigenvalue weighted by atomic mass is 32.2. The smallest absolute Gasteiger partial charge is 0.307 e. The van der Waals surface area contributed by atoms with Gasteiger partial charge < -0.3 is 15.7 Å².